The highest BCUT2D eigenvalue weighted by Crippen LogP contribution is 2.28. The number of hydrogen-bond acceptors (Lipinski definition) is 7. The van der Waals surface area contributed by atoms with Crippen molar-refractivity contribution >= 4 is 44.5 Å². The fraction of sp³-hybridized carbons (Fsp3) is 0.227. The Balaban J connectivity index is 1.43. The van der Waals surface area contributed by atoms with Crippen molar-refractivity contribution in [3.05, 3.63) is 64.9 Å². The summed E-state index contributed by atoms with van der Waals surface area (Å²) < 4.78 is 17.2. The number of furan rings is 1. The number of aryl methyl sites for hydroxylation is 1. The lowest BCUT2D eigenvalue weighted by Crippen LogP contribution is -2.10. The molecule has 2 aromatic carbocycles. The fourth-order valence-electron chi connectivity index (χ4n) is 3.06. The maximum absolute atomic E-state index is 12.3. The van der Waals surface area contributed by atoms with Crippen molar-refractivity contribution in [2.24, 2.45) is 0 Å². The van der Waals surface area contributed by atoms with Gasteiger partial charge in [-0.3, -0.25) is 4.79 Å². The van der Waals surface area contributed by atoms with Crippen molar-refractivity contribution in [3.8, 4) is 0 Å². The highest BCUT2D eigenvalue weighted by atomic mass is 32.1. The zero-order valence-corrected chi connectivity index (χ0v) is 16.7. The van der Waals surface area contributed by atoms with E-state index in [4.69, 9.17) is 13.9 Å². The number of fused-ring (bicyclic) bond motifs is 2. The van der Waals surface area contributed by atoms with E-state index in [0.29, 0.717) is 17.6 Å². The Morgan fingerprint density at radius 1 is 1.07 bits per heavy atom. The van der Waals surface area contributed by atoms with Crippen LogP contribution < -0.4 is 0 Å². The first-order chi connectivity index (χ1) is 14.2. The number of esters is 2. The fourth-order valence-corrected chi connectivity index (χ4v) is 4.03. The molecule has 2 heterocycles. The molecule has 0 saturated carbocycles. The molecule has 0 saturated heterocycles. The molecule has 0 atom stereocenters. The predicted octanol–water partition coefficient (Wildman–Crippen LogP) is 4.90. The molecule has 6 nitrogen and oxygen atoms in total. The number of para-hydroxylation sites is 2. The summed E-state index contributed by atoms with van der Waals surface area (Å²) in [7, 11) is 0. The van der Waals surface area contributed by atoms with Gasteiger partial charge in [0.05, 0.1) is 33.8 Å². The summed E-state index contributed by atoms with van der Waals surface area (Å²) in [5, 5.41) is 1.62. The number of ether oxygens (including phenoxy) is 2. The molecule has 4 rings (SSSR count). The third kappa shape index (κ3) is 4.14. The molecule has 2 aromatic heterocycles. The van der Waals surface area contributed by atoms with E-state index < -0.39 is 5.97 Å². The average molecular weight is 409 g/mol. The minimum atomic E-state index is -0.566. The first-order valence-corrected chi connectivity index (χ1v) is 10.1. The summed E-state index contributed by atoms with van der Waals surface area (Å²) in [6.45, 7) is 1.91. The van der Waals surface area contributed by atoms with Gasteiger partial charge in [0.25, 0.3) is 0 Å². The van der Waals surface area contributed by atoms with Crippen LogP contribution >= 0.6 is 11.3 Å². The molecule has 0 amide bonds. The highest BCUT2D eigenvalue weighted by molar-refractivity contribution is 7.18. The molecule has 0 radical (unpaired) electrons. The van der Waals surface area contributed by atoms with Gasteiger partial charge in [0.1, 0.15) is 12.2 Å². The van der Waals surface area contributed by atoms with E-state index in [1.807, 2.05) is 42.5 Å². The predicted molar refractivity (Wildman–Crippen MR) is 110 cm³/mol. The lowest BCUT2D eigenvalue weighted by atomic mass is 10.1. The Bertz CT molecular complexity index is 1140. The van der Waals surface area contributed by atoms with Gasteiger partial charge in [-0.2, -0.15) is 0 Å². The third-order valence-corrected chi connectivity index (χ3v) is 5.51. The number of thiazole rings is 1. The molecule has 0 N–H and O–H groups in total. The molecule has 0 bridgehead atoms. The summed E-state index contributed by atoms with van der Waals surface area (Å²) in [6, 6.07) is 15.1. The van der Waals surface area contributed by atoms with Crippen molar-refractivity contribution < 1.29 is 23.5 Å². The van der Waals surface area contributed by atoms with Gasteiger partial charge in [-0.25, -0.2) is 9.78 Å². The number of hydrogen-bond donors (Lipinski definition) is 0. The second-order valence-electron chi connectivity index (χ2n) is 6.36. The summed E-state index contributed by atoms with van der Waals surface area (Å²) in [6.07, 6.45) is 0.722. The largest absolute Gasteiger partial charge is 0.461 e. The summed E-state index contributed by atoms with van der Waals surface area (Å²) >= 11 is 1.57. The molecule has 0 aliphatic carbocycles. The van der Waals surface area contributed by atoms with Crippen LogP contribution in [0.3, 0.4) is 0 Å². The van der Waals surface area contributed by atoms with Crippen LogP contribution in [-0.2, 0) is 27.3 Å². The van der Waals surface area contributed by atoms with Gasteiger partial charge in [0.2, 0.25) is 5.76 Å². The van der Waals surface area contributed by atoms with Gasteiger partial charge in [-0.15, -0.1) is 11.3 Å². The molecule has 29 heavy (non-hydrogen) atoms. The first kappa shape index (κ1) is 19.1. The van der Waals surface area contributed by atoms with Crippen molar-refractivity contribution in [3.63, 3.8) is 0 Å². The zero-order valence-electron chi connectivity index (χ0n) is 15.8. The summed E-state index contributed by atoms with van der Waals surface area (Å²) in [5.74, 6) is -0.847. The second-order valence-corrected chi connectivity index (χ2v) is 7.48. The van der Waals surface area contributed by atoms with Crippen LogP contribution in [0.15, 0.2) is 52.9 Å². The number of aromatic nitrogens is 1. The number of carbonyl (C=O) groups excluding carboxylic acids is 2. The number of nitrogens with zero attached hydrogens (tertiary/aromatic N) is 1. The van der Waals surface area contributed by atoms with Gasteiger partial charge in [0, 0.05) is 11.8 Å². The lowest BCUT2D eigenvalue weighted by molar-refractivity contribution is -0.144. The molecule has 148 valence electrons. The van der Waals surface area contributed by atoms with Crippen LogP contribution in [0.4, 0.5) is 0 Å². The smallest absolute Gasteiger partial charge is 0.374 e. The van der Waals surface area contributed by atoms with E-state index in [0.717, 1.165) is 20.6 Å². The molecule has 0 fully saturated rings. The van der Waals surface area contributed by atoms with Crippen LogP contribution in [0.2, 0.25) is 0 Å². The molecular weight excluding hydrogens is 390 g/mol. The Kier molecular flexibility index (Phi) is 5.57. The van der Waals surface area contributed by atoms with E-state index in [-0.39, 0.29) is 31.4 Å². The van der Waals surface area contributed by atoms with Crippen molar-refractivity contribution in [2.45, 2.75) is 26.4 Å². The van der Waals surface area contributed by atoms with E-state index in [1.165, 1.54) is 0 Å². The van der Waals surface area contributed by atoms with Crippen LogP contribution in [-0.4, -0.2) is 23.5 Å². The maximum atomic E-state index is 12.3. The van der Waals surface area contributed by atoms with Gasteiger partial charge in [0.15, 0.2) is 0 Å². The monoisotopic (exact) mass is 409 g/mol. The quantitative estimate of drug-likeness (QED) is 0.404. The second kappa shape index (κ2) is 8.45. The number of benzene rings is 2. The zero-order chi connectivity index (χ0) is 20.2. The van der Waals surface area contributed by atoms with Crippen LogP contribution in [0.25, 0.3) is 21.2 Å². The van der Waals surface area contributed by atoms with Crippen molar-refractivity contribution in [1.82, 2.24) is 4.98 Å². The van der Waals surface area contributed by atoms with E-state index in [9.17, 15) is 9.59 Å². The Labute approximate surface area is 171 Å². The SMILES string of the molecule is CCOC(=O)c1oc2ccccc2c1COC(=O)CCc1nc2ccccc2s1. The Morgan fingerprint density at radius 3 is 2.69 bits per heavy atom. The standard InChI is InChI=1S/C22H19NO5S/c1-2-26-22(25)21-15(14-7-3-5-9-17(14)28-21)13-27-20(24)12-11-19-23-16-8-4-6-10-18(16)29-19/h3-10H,2,11-13H2,1H3. The van der Waals surface area contributed by atoms with Crippen molar-refractivity contribution in [2.75, 3.05) is 6.61 Å². The molecule has 4 aromatic rings. The number of rotatable bonds is 7. The average Bonchev–Trinajstić information content (AvgIpc) is 3.32. The van der Waals surface area contributed by atoms with E-state index in [2.05, 4.69) is 4.98 Å². The normalized spacial score (nSPS) is 11.1. The first-order valence-electron chi connectivity index (χ1n) is 9.33. The Hall–Kier alpha value is -3.19. The molecule has 0 aliphatic rings. The van der Waals surface area contributed by atoms with E-state index in [1.54, 1.807) is 24.3 Å². The summed E-state index contributed by atoms with van der Waals surface area (Å²) in [4.78, 5) is 29.0. The minimum absolute atomic E-state index is 0.0517. The number of carbonyl (C=O) groups is 2. The van der Waals surface area contributed by atoms with Gasteiger partial charge >= 0.3 is 11.9 Å². The maximum Gasteiger partial charge on any atom is 0.374 e. The Morgan fingerprint density at radius 2 is 1.86 bits per heavy atom. The third-order valence-electron chi connectivity index (χ3n) is 4.42. The molecular formula is C22H19NO5S. The topological polar surface area (TPSA) is 78.6 Å². The van der Waals surface area contributed by atoms with Crippen LogP contribution in [0, 0.1) is 0 Å². The molecule has 0 aliphatic heterocycles. The van der Waals surface area contributed by atoms with Gasteiger partial charge < -0.3 is 13.9 Å². The van der Waals surface area contributed by atoms with Gasteiger partial charge in [-0.05, 0) is 25.1 Å². The lowest BCUT2D eigenvalue weighted by Gasteiger charge is -2.05. The summed E-state index contributed by atoms with van der Waals surface area (Å²) in [5.41, 5.74) is 2.01. The van der Waals surface area contributed by atoms with Crippen LogP contribution in [0.5, 0.6) is 0 Å². The minimum Gasteiger partial charge on any atom is -0.461 e. The van der Waals surface area contributed by atoms with Crippen LogP contribution in [0.1, 0.15) is 34.5 Å². The van der Waals surface area contributed by atoms with E-state index >= 15 is 0 Å². The molecule has 0 unspecified atom stereocenters. The molecule has 0 spiro atoms. The van der Waals surface area contributed by atoms with Gasteiger partial charge in [-0.1, -0.05) is 30.3 Å². The highest BCUT2D eigenvalue weighted by Gasteiger charge is 2.22. The van der Waals surface area contributed by atoms with Crippen molar-refractivity contribution in [1.29, 1.82) is 0 Å². The molecule has 7 heteroatoms.